The van der Waals surface area contributed by atoms with Crippen molar-refractivity contribution in [3.8, 4) is 0 Å². The number of aromatic nitrogens is 2. The van der Waals surface area contributed by atoms with E-state index in [2.05, 4.69) is 15.3 Å². The predicted octanol–water partition coefficient (Wildman–Crippen LogP) is 4.47. The Hall–Kier alpha value is -3.54. The number of hydrogen-bond donors (Lipinski definition) is 1. The number of rotatable bonds is 7. The second-order valence-electron chi connectivity index (χ2n) is 7.06. The van der Waals surface area contributed by atoms with Gasteiger partial charge < -0.3 is 10.2 Å². The number of anilines is 2. The molecule has 1 amide bonds. The number of carbonyl (C=O) groups excluding carboxylic acids is 2. The SMILES string of the molecule is CC(=O)c1cccc(Nc2cnc(C(=O)N(Cc3ccccc3)C(C)C)cn2)c1. The van der Waals surface area contributed by atoms with Crippen LogP contribution in [0.1, 0.15) is 47.2 Å². The lowest BCUT2D eigenvalue weighted by atomic mass is 10.1. The van der Waals surface area contributed by atoms with Gasteiger partial charge in [-0.15, -0.1) is 0 Å². The monoisotopic (exact) mass is 388 g/mol. The Morgan fingerprint density at radius 1 is 1.00 bits per heavy atom. The lowest BCUT2D eigenvalue weighted by molar-refractivity contribution is 0.0683. The van der Waals surface area contributed by atoms with Crippen molar-refractivity contribution in [3.05, 3.63) is 83.8 Å². The zero-order chi connectivity index (χ0) is 20.8. The quantitative estimate of drug-likeness (QED) is 0.604. The average Bonchev–Trinajstić information content (AvgIpc) is 2.73. The van der Waals surface area contributed by atoms with Crippen LogP contribution in [-0.2, 0) is 6.54 Å². The summed E-state index contributed by atoms with van der Waals surface area (Å²) in [5, 5.41) is 3.11. The van der Waals surface area contributed by atoms with Crippen molar-refractivity contribution in [2.75, 3.05) is 5.32 Å². The van der Waals surface area contributed by atoms with Crippen LogP contribution in [0.15, 0.2) is 67.0 Å². The average molecular weight is 388 g/mol. The molecule has 0 unspecified atom stereocenters. The zero-order valence-electron chi connectivity index (χ0n) is 16.8. The van der Waals surface area contributed by atoms with Crippen molar-refractivity contribution in [2.45, 2.75) is 33.4 Å². The lowest BCUT2D eigenvalue weighted by Crippen LogP contribution is -2.36. The smallest absolute Gasteiger partial charge is 0.274 e. The van der Waals surface area contributed by atoms with Gasteiger partial charge in [0.25, 0.3) is 5.91 Å². The minimum absolute atomic E-state index is 0.00660. The standard InChI is InChI=1S/C23H24N4O2/c1-16(2)27(15-18-8-5-4-6-9-18)23(29)21-13-25-22(14-24-21)26-20-11-7-10-19(12-20)17(3)28/h4-14,16H,15H2,1-3H3,(H,25,26). The van der Waals surface area contributed by atoms with E-state index < -0.39 is 0 Å². The van der Waals surface area contributed by atoms with Gasteiger partial charge in [0.05, 0.1) is 12.4 Å². The van der Waals surface area contributed by atoms with Gasteiger partial charge in [0.2, 0.25) is 0 Å². The van der Waals surface area contributed by atoms with E-state index in [1.54, 1.807) is 23.1 Å². The van der Waals surface area contributed by atoms with Gasteiger partial charge >= 0.3 is 0 Å². The molecule has 0 atom stereocenters. The summed E-state index contributed by atoms with van der Waals surface area (Å²) in [5.41, 5.74) is 2.70. The van der Waals surface area contributed by atoms with E-state index in [1.807, 2.05) is 50.2 Å². The first-order valence-corrected chi connectivity index (χ1v) is 9.49. The molecule has 3 rings (SSSR count). The molecule has 0 saturated carbocycles. The second-order valence-corrected chi connectivity index (χ2v) is 7.06. The summed E-state index contributed by atoms with van der Waals surface area (Å²) < 4.78 is 0. The molecule has 1 heterocycles. The van der Waals surface area contributed by atoms with Gasteiger partial charge in [0.15, 0.2) is 5.78 Å². The van der Waals surface area contributed by atoms with E-state index in [4.69, 9.17) is 0 Å². The van der Waals surface area contributed by atoms with Crippen molar-refractivity contribution in [2.24, 2.45) is 0 Å². The highest BCUT2D eigenvalue weighted by molar-refractivity contribution is 5.95. The molecule has 0 spiro atoms. The van der Waals surface area contributed by atoms with Crippen molar-refractivity contribution in [3.63, 3.8) is 0 Å². The minimum Gasteiger partial charge on any atom is -0.339 e. The fourth-order valence-electron chi connectivity index (χ4n) is 2.88. The third-order valence-electron chi connectivity index (χ3n) is 4.49. The second kappa shape index (κ2) is 9.10. The van der Waals surface area contributed by atoms with Gasteiger partial charge in [-0.25, -0.2) is 9.97 Å². The molecule has 0 radical (unpaired) electrons. The van der Waals surface area contributed by atoms with E-state index in [-0.39, 0.29) is 23.4 Å². The highest BCUT2D eigenvalue weighted by Gasteiger charge is 2.20. The fraction of sp³-hybridized carbons (Fsp3) is 0.217. The molecule has 0 bridgehead atoms. The molecule has 29 heavy (non-hydrogen) atoms. The van der Waals surface area contributed by atoms with Crippen LogP contribution >= 0.6 is 0 Å². The molecule has 6 heteroatoms. The number of Topliss-reactive ketones (excluding diaryl/α,β-unsaturated/α-hetero) is 1. The molecule has 1 aromatic heterocycles. The van der Waals surface area contributed by atoms with Gasteiger partial charge in [-0.2, -0.15) is 0 Å². The van der Waals surface area contributed by atoms with Crippen LogP contribution in [0.2, 0.25) is 0 Å². The maximum atomic E-state index is 12.9. The maximum absolute atomic E-state index is 12.9. The van der Waals surface area contributed by atoms with Crippen LogP contribution in [0.25, 0.3) is 0 Å². The summed E-state index contributed by atoms with van der Waals surface area (Å²) in [6.45, 7) is 5.99. The number of hydrogen-bond acceptors (Lipinski definition) is 5. The highest BCUT2D eigenvalue weighted by atomic mass is 16.2. The van der Waals surface area contributed by atoms with Crippen LogP contribution in [-0.4, -0.2) is 32.6 Å². The van der Waals surface area contributed by atoms with Crippen LogP contribution in [0.5, 0.6) is 0 Å². The molecule has 0 aliphatic heterocycles. The van der Waals surface area contributed by atoms with Gasteiger partial charge in [-0.05, 0) is 38.5 Å². The number of nitrogens with one attached hydrogen (secondary N) is 1. The summed E-state index contributed by atoms with van der Waals surface area (Å²) in [5.74, 6) is 0.329. The van der Waals surface area contributed by atoms with Crippen LogP contribution in [0.4, 0.5) is 11.5 Å². The number of ketones is 1. The molecule has 148 valence electrons. The lowest BCUT2D eigenvalue weighted by Gasteiger charge is -2.26. The van der Waals surface area contributed by atoms with Gasteiger partial charge in [0, 0.05) is 23.8 Å². The Balaban J connectivity index is 1.73. The number of benzene rings is 2. The fourth-order valence-corrected chi connectivity index (χ4v) is 2.88. The first-order chi connectivity index (χ1) is 13.9. The Labute approximate surface area is 170 Å². The first kappa shape index (κ1) is 20.2. The molecular formula is C23H24N4O2. The molecule has 6 nitrogen and oxygen atoms in total. The molecule has 0 fully saturated rings. The summed E-state index contributed by atoms with van der Waals surface area (Å²) in [6, 6.07) is 17.0. The first-order valence-electron chi connectivity index (χ1n) is 9.49. The Morgan fingerprint density at radius 2 is 1.76 bits per heavy atom. The van der Waals surface area contributed by atoms with Gasteiger partial charge in [-0.3, -0.25) is 9.59 Å². The van der Waals surface area contributed by atoms with Gasteiger partial charge in [0.1, 0.15) is 11.5 Å². The van der Waals surface area contributed by atoms with E-state index in [1.165, 1.54) is 19.3 Å². The van der Waals surface area contributed by atoms with E-state index in [9.17, 15) is 9.59 Å². The Kier molecular flexibility index (Phi) is 6.34. The predicted molar refractivity (Wildman–Crippen MR) is 113 cm³/mol. The van der Waals surface area contributed by atoms with Crippen molar-refractivity contribution < 1.29 is 9.59 Å². The van der Waals surface area contributed by atoms with Crippen molar-refractivity contribution in [1.29, 1.82) is 0 Å². The number of amides is 1. The summed E-state index contributed by atoms with van der Waals surface area (Å²) in [7, 11) is 0. The summed E-state index contributed by atoms with van der Waals surface area (Å²) >= 11 is 0. The topological polar surface area (TPSA) is 75.2 Å². The van der Waals surface area contributed by atoms with Crippen molar-refractivity contribution >= 4 is 23.2 Å². The van der Waals surface area contributed by atoms with Crippen LogP contribution < -0.4 is 5.32 Å². The molecule has 2 aromatic carbocycles. The van der Waals surface area contributed by atoms with E-state index in [0.717, 1.165) is 11.3 Å². The number of carbonyl (C=O) groups is 2. The van der Waals surface area contributed by atoms with E-state index >= 15 is 0 Å². The maximum Gasteiger partial charge on any atom is 0.274 e. The molecule has 1 N–H and O–H groups in total. The van der Waals surface area contributed by atoms with Crippen LogP contribution in [0.3, 0.4) is 0 Å². The van der Waals surface area contributed by atoms with Crippen LogP contribution in [0, 0.1) is 0 Å². The van der Waals surface area contributed by atoms with Gasteiger partial charge in [-0.1, -0.05) is 42.5 Å². The normalized spacial score (nSPS) is 10.6. The van der Waals surface area contributed by atoms with Crippen molar-refractivity contribution in [1.82, 2.24) is 14.9 Å². The molecule has 0 aliphatic carbocycles. The highest BCUT2D eigenvalue weighted by Crippen LogP contribution is 2.17. The third kappa shape index (κ3) is 5.25. The largest absolute Gasteiger partial charge is 0.339 e. The zero-order valence-corrected chi connectivity index (χ0v) is 16.8. The number of nitrogens with zero attached hydrogens (tertiary/aromatic N) is 3. The van der Waals surface area contributed by atoms with E-state index in [0.29, 0.717) is 17.9 Å². The minimum atomic E-state index is -0.165. The summed E-state index contributed by atoms with van der Waals surface area (Å²) in [6.07, 6.45) is 2.99. The molecule has 3 aromatic rings. The molecule has 0 saturated heterocycles. The summed E-state index contributed by atoms with van der Waals surface area (Å²) in [4.78, 5) is 34.8. The third-order valence-corrected chi connectivity index (χ3v) is 4.49. The Morgan fingerprint density at radius 3 is 2.38 bits per heavy atom. The molecular weight excluding hydrogens is 364 g/mol. The Bertz CT molecular complexity index is 985. The molecule has 0 aliphatic rings.